The standard InChI is InChI=1S/C8H7ClN2O/c9-7-2-1-5-4-10-8(12)3-6(5)11-7/h1-2H,3-4H2,(H,10,12). The van der Waals surface area contributed by atoms with Gasteiger partial charge in [-0.2, -0.15) is 0 Å². The second-order valence-electron chi connectivity index (χ2n) is 2.69. The Morgan fingerprint density at radius 1 is 1.50 bits per heavy atom. The summed E-state index contributed by atoms with van der Waals surface area (Å²) < 4.78 is 0. The molecule has 0 bridgehead atoms. The zero-order valence-corrected chi connectivity index (χ0v) is 7.06. The number of aromatic nitrogens is 1. The van der Waals surface area contributed by atoms with E-state index in [0.29, 0.717) is 18.1 Å². The van der Waals surface area contributed by atoms with Crippen LogP contribution in [0.15, 0.2) is 12.1 Å². The van der Waals surface area contributed by atoms with Gasteiger partial charge in [0.1, 0.15) is 5.15 Å². The van der Waals surface area contributed by atoms with E-state index in [9.17, 15) is 4.79 Å². The quantitative estimate of drug-likeness (QED) is 0.606. The van der Waals surface area contributed by atoms with E-state index in [4.69, 9.17) is 11.6 Å². The molecule has 1 amide bonds. The minimum Gasteiger partial charge on any atom is -0.352 e. The van der Waals surface area contributed by atoms with Crippen molar-refractivity contribution in [2.45, 2.75) is 13.0 Å². The van der Waals surface area contributed by atoms with Crippen LogP contribution in [0.1, 0.15) is 11.3 Å². The number of pyridine rings is 1. The van der Waals surface area contributed by atoms with Gasteiger partial charge < -0.3 is 5.32 Å². The number of nitrogens with one attached hydrogen (secondary N) is 1. The molecule has 12 heavy (non-hydrogen) atoms. The summed E-state index contributed by atoms with van der Waals surface area (Å²) in [5.74, 6) is 0.0114. The molecule has 1 aliphatic rings. The third-order valence-corrected chi connectivity index (χ3v) is 2.05. The molecule has 2 heterocycles. The monoisotopic (exact) mass is 182 g/mol. The van der Waals surface area contributed by atoms with Gasteiger partial charge >= 0.3 is 0 Å². The number of nitrogens with zero attached hydrogens (tertiary/aromatic N) is 1. The van der Waals surface area contributed by atoms with Crippen molar-refractivity contribution < 1.29 is 4.79 Å². The zero-order valence-electron chi connectivity index (χ0n) is 6.30. The van der Waals surface area contributed by atoms with Crippen molar-refractivity contribution in [3.8, 4) is 0 Å². The topological polar surface area (TPSA) is 42.0 Å². The number of carbonyl (C=O) groups is 1. The third-order valence-electron chi connectivity index (χ3n) is 1.84. The first-order chi connectivity index (χ1) is 5.75. The molecule has 3 nitrogen and oxygen atoms in total. The lowest BCUT2D eigenvalue weighted by Gasteiger charge is -2.14. The molecule has 1 aromatic rings. The molecule has 0 aromatic carbocycles. The molecule has 62 valence electrons. The Morgan fingerprint density at radius 2 is 2.33 bits per heavy atom. The van der Waals surface area contributed by atoms with E-state index < -0.39 is 0 Å². The van der Waals surface area contributed by atoms with E-state index in [1.807, 2.05) is 6.07 Å². The Morgan fingerprint density at radius 3 is 3.17 bits per heavy atom. The molecule has 1 aliphatic heterocycles. The highest BCUT2D eigenvalue weighted by atomic mass is 35.5. The number of amides is 1. The van der Waals surface area contributed by atoms with Crippen LogP contribution in [0, 0.1) is 0 Å². The number of carbonyl (C=O) groups excluding carboxylic acids is 1. The maximum Gasteiger partial charge on any atom is 0.226 e. The molecule has 0 atom stereocenters. The van der Waals surface area contributed by atoms with Crippen LogP contribution >= 0.6 is 11.6 Å². The number of halogens is 1. The van der Waals surface area contributed by atoms with Crippen LogP contribution in [0.3, 0.4) is 0 Å². The fourth-order valence-corrected chi connectivity index (χ4v) is 1.39. The van der Waals surface area contributed by atoms with Gasteiger partial charge in [-0.3, -0.25) is 4.79 Å². The highest BCUT2D eigenvalue weighted by molar-refractivity contribution is 6.29. The maximum atomic E-state index is 10.9. The molecule has 1 N–H and O–H groups in total. The van der Waals surface area contributed by atoms with Gasteiger partial charge in [-0.05, 0) is 11.6 Å². The van der Waals surface area contributed by atoms with Crippen LogP contribution in [0.2, 0.25) is 5.15 Å². The Kier molecular flexibility index (Phi) is 1.73. The Hall–Kier alpha value is -1.09. The van der Waals surface area contributed by atoms with Gasteiger partial charge in [-0.1, -0.05) is 17.7 Å². The summed E-state index contributed by atoms with van der Waals surface area (Å²) in [5, 5.41) is 3.18. The molecule has 0 saturated heterocycles. The molecule has 0 spiro atoms. The fraction of sp³-hybridized carbons (Fsp3) is 0.250. The van der Waals surface area contributed by atoms with E-state index in [2.05, 4.69) is 10.3 Å². The normalized spacial score (nSPS) is 15.2. The molecule has 0 unspecified atom stereocenters. The zero-order chi connectivity index (χ0) is 8.55. The summed E-state index contributed by atoms with van der Waals surface area (Å²) in [6.45, 7) is 0.568. The molecule has 4 heteroatoms. The van der Waals surface area contributed by atoms with Crippen molar-refractivity contribution in [2.75, 3.05) is 0 Å². The van der Waals surface area contributed by atoms with Gasteiger partial charge in [0.25, 0.3) is 0 Å². The summed E-state index contributed by atoms with van der Waals surface area (Å²) in [7, 11) is 0. The van der Waals surface area contributed by atoms with Crippen LogP contribution in [-0.4, -0.2) is 10.9 Å². The van der Waals surface area contributed by atoms with Gasteiger partial charge in [0.05, 0.1) is 12.1 Å². The largest absolute Gasteiger partial charge is 0.352 e. The van der Waals surface area contributed by atoms with Crippen molar-refractivity contribution >= 4 is 17.5 Å². The van der Waals surface area contributed by atoms with E-state index in [1.54, 1.807) is 6.07 Å². The summed E-state index contributed by atoms with van der Waals surface area (Å²) in [6, 6.07) is 3.63. The lowest BCUT2D eigenvalue weighted by Crippen LogP contribution is -2.30. The fourth-order valence-electron chi connectivity index (χ4n) is 1.23. The molecular formula is C8H7ClN2O. The average molecular weight is 183 g/mol. The lowest BCUT2D eigenvalue weighted by atomic mass is 10.1. The van der Waals surface area contributed by atoms with Crippen molar-refractivity contribution in [2.24, 2.45) is 0 Å². The van der Waals surface area contributed by atoms with Gasteiger partial charge in [0, 0.05) is 6.54 Å². The molecular weight excluding hydrogens is 176 g/mol. The number of rotatable bonds is 0. The summed E-state index contributed by atoms with van der Waals surface area (Å²) >= 11 is 5.68. The van der Waals surface area contributed by atoms with Crippen LogP contribution in [0.5, 0.6) is 0 Å². The first-order valence-corrected chi connectivity index (χ1v) is 4.04. The SMILES string of the molecule is O=C1Cc2nc(Cl)ccc2CN1. The van der Waals surface area contributed by atoms with Crippen LogP contribution < -0.4 is 5.32 Å². The minimum absolute atomic E-state index is 0.0114. The van der Waals surface area contributed by atoms with Crippen LogP contribution in [-0.2, 0) is 17.8 Å². The van der Waals surface area contributed by atoms with Crippen molar-refractivity contribution in [3.05, 3.63) is 28.5 Å². The van der Waals surface area contributed by atoms with Gasteiger partial charge in [-0.15, -0.1) is 0 Å². The van der Waals surface area contributed by atoms with E-state index >= 15 is 0 Å². The smallest absolute Gasteiger partial charge is 0.226 e. The Labute approximate surface area is 74.8 Å². The van der Waals surface area contributed by atoms with Crippen molar-refractivity contribution in [1.82, 2.24) is 10.3 Å². The Balaban J connectivity index is 2.44. The predicted octanol–water partition coefficient (Wildman–Crippen LogP) is 0.907. The lowest BCUT2D eigenvalue weighted by molar-refractivity contribution is -0.121. The molecule has 0 fully saturated rings. The molecule has 0 radical (unpaired) electrons. The van der Waals surface area contributed by atoms with Gasteiger partial charge in [0.2, 0.25) is 5.91 Å². The number of hydrogen-bond acceptors (Lipinski definition) is 2. The number of hydrogen-bond donors (Lipinski definition) is 1. The summed E-state index contributed by atoms with van der Waals surface area (Å²) in [4.78, 5) is 15.0. The van der Waals surface area contributed by atoms with E-state index in [1.165, 1.54) is 0 Å². The maximum absolute atomic E-state index is 10.9. The molecule has 0 aliphatic carbocycles. The molecule has 2 rings (SSSR count). The van der Waals surface area contributed by atoms with Gasteiger partial charge in [-0.25, -0.2) is 4.98 Å². The molecule has 0 saturated carbocycles. The van der Waals surface area contributed by atoms with Crippen LogP contribution in [0.4, 0.5) is 0 Å². The second kappa shape index (κ2) is 2.75. The average Bonchev–Trinajstić information content (AvgIpc) is 2.03. The number of fused-ring (bicyclic) bond motifs is 1. The highest BCUT2D eigenvalue weighted by Crippen LogP contribution is 2.14. The van der Waals surface area contributed by atoms with E-state index in [0.717, 1.165) is 11.3 Å². The Bertz CT molecular complexity index is 338. The van der Waals surface area contributed by atoms with Crippen molar-refractivity contribution in [1.29, 1.82) is 0 Å². The predicted molar refractivity (Wildman–Crippen MR) is 44.8 cm³/mol. The van der Waals surface area contributed by atoms with E-state index in [-0.39, 0.29) is 5.91 Å². The highest BCUT2D eigenvalue weighted by Gasteiger charge is 2.15. The van der Waals surface area contributed by atoms with Gasteiger partial charge in [0.15, 0.2) is 0 Å². The third kappa shape index (κ3) is 1.28. The van der Waals surface area contributed by atoms with Crippen LogP contribution in [0.25, 0.3) is 0 Å². The minimum atomic E-state index is 0.0114. The summed E-state index contributed by atoms with van der Waals surface area (Å²) in [5.41, 5.74) is 1.85. The van der Waals surface area contributed by atoms with Crippen molar-refractivity contribution in [3.63, 3.8) is 0 Å². The summed E-state index contributed by atoms with van der Waals surface area (Å²) in [6.07, 6.45) is 0.343. The first kappa shape index (κ1) is 7.55. The second-order valence-corrected chi connectivity index (χ2v) is 3.08. The first-order valence-electron chi connectivity index (χ1n) is 3.67. The molecule has 1 aromatic heterocycles.